The van der Waals surface area contributed by atoms with Gasteiger partial charge >= 0.3 is 17.9 Å². The highest BCUT2D eigenvalue weighted by Gasteiger charge is 2.37. The zero-order valence-electron chi connectivity index (χ0n) is 34.6. The molecule has 0 unspecified atom stereocenters. The predicted octanol–water partition coefficient (Wildman–Crippen LogP) is 5.14. The van der Waals surface area contributed by atoms with Crippen LogP contribution in [-0.4, -0.2) is 58.9 Å². The summed E-state index contributed by atoms with van der Waals surface area (Å²) in [5.74, 6) is -4.30. The number of hydrogen-bond acceptors (Lipinski definition) is 15. The Hall–Kier alpha value is -6.81. The summed E-state index contributed by atoms with van der Waals surface area (Å²) in [6, 6.07) is 11.9. The van der Waals surface area contributed by atoms with E-state index in [4.69, 9.17) is 14.2 Å². The number of hydrogen-bond donors (Lipinski definition) is 3. The first kappa shape index (κ1) is 45.6. The molecule has 15 heteroatoms. The fraction of sp³-hybridized carbons (Fsp3) is 0.512. The topological polar surface area (TPSA) is 258 Å². The van der Waals surface area contributed by atoms with Crippen molar-refractivity contribution in [3.63, 3.8) is 0 Å². The second kappa shape index (κ2) is 18.9. The third-order valence-electron chi connectivity index (χ3n) is 10.2. The van der Waals surface area contributed by atoms with Gasteiger partial charge in [0.05, 0.1) is 22.6 Å². The van der Waals surface area contributed by atoms with Gasteiger partial charge in [-0.2, -0.15) is 31.6 Å². The molecule has 0 aromatic heterocycles. The summed E-state index contributed by atoms with van der Waals surface area (Å²) in [5.41, 5.74) is 0.328. The highest BCUT2D eigenvalue weighted by Crippen LogP contribution is 2.44. The smallest absolute Gasteiger partial charge is 0.349 e. The lowest BCUT2D eigenvalue weighted by molar-refractivity contribution is -0.148. The maximum absolute atomic E-state index is 13.6. The lowest BCUT2D eigenvalue weighted by atomic mass is 9.73. The van der Waals surface area contributed by atoms with Crippen LogP contribution in [0.2, 0.25) is 0 Å². The van der Waals surface area contributed by atoms with Crippen molar-refractivity contribution >= 4 is 17.9 Å². The molecule has 0 aromatic rings. The van der Waals surface area contributed by atoms with E-state index in [1.54, 1.807) is 21.1 Å². The van der Waals surface area contributed by atoms with Gasteiger partial charge in [0.2, 0.25) is 0 Å². The van der Waals surface area contributed by atoms with Gasteiger partial charge in [-0.25, -0.2) is 14.4 Å². The summed E-state index contributed by atoms with van der Waals surface area (Å²) >= 11 is 0. The van der Waals surface area contributed by atoms with Gasteiger partial charge < -0.3 is 30.2 Å². The summed E-state index contributed by atoms with van der Waals surface area (Å²) in [4.78, 5) is 40.7. The van der Waals surface area contributed by atoms with Crippen molar-refractivity contribution in [3.8, 4) is 36.4 Å². The first-order chi connectivity index (χ1) is 27.3. The molecular formula is C43H49N9O6. The Kier molecular flexibility index (Phi) is 14.8. The number of esters is 3. The molecule has 0 radical (unpaired) electrons. The lowest BCUT2D eigenvalue weighted by Gasteiger charge is -2.33. The van der Waals surface area contributed by atoms with Crippen LogP contribution in [0.3, 0.4) is 0 Å². The number of ether oxygens (including phenoxy) is 3. The average Bonchev–Trinajstić information content (AvgIpc) is 3.16. The summed E-state index contributed by atoms with van der Waals surface area (Å²) in [6.07, 6.45) is 2.19. The van der Waals surface area contributed by atoms with E-state index in [0.29, 0.717) is 36.4 Å². The first-order valence-electron chi connectivity index (χ1n) is 18.6. The van der Waals surface area contributed by atoms with Crippen molar-refractivity contribution in [2.24, 2.45) is 22.2 Å². The molecule has 3 aliphatic rings. The van der Waals surface area contributed by atoms with Crippen LogP contribution >= 0.6 is 0 Å². The minimum absolute atomic E-state index is 0.153. The molecule has 0 spiro atoms. The fourth-order valence-corrected chi connectivity index (χ4v) is 7.47. The molecular weight excluding hydrogens is 739 g/mol. The number of allylic oxidation sites excluding steroid dienone is 9. The number of carbonyl (C=O) groups excluding carboxylic acids is 3. The summed E-state index contributed by atoms with van der Waals surface area (Å²) in [6.45, 7) is 9.88. The van der Waals surface area contributed by atoms with Gasteiger partial charge in [-0.15, -0.1) is 0 Å². The molecule has 302 valence electrons. The van der Waals surface area contributed by atoms with Crippen molar-refractivity contribution in [1.82, 2.24) is 16.0 Å². The Morgan fingerprint density at radius 2 is 0.741 bits per heavy atom. The molecule has 0 saturated carbocycles. The number of rotatable bonds is 12. The quantitative estimate of drug-likeness (QED) is 0.100. The van der Waals surface area contributed by atoms with Gasteiger partial charge in [0.1, 0.15) is 73.0 Å². The largest absolute Gasteiger partial charge is 0.461 e. The van der Waals surface area contributed by atoms with Gasteiger partial charge in [0.25, 0.3) is 0 Å². The molecule has 0 aromatic carbocycles. The van der Waals surface area contributed by atoms with E-state index in [9.17, 15) is 46.0 Å². The van der Waals surface area contributed by atoms with Crippen molar-refractivity contribution in [2.75, 3.05) is 41.0 Å². The van der Waals surface area contributed by atoms with E-state index in [1.807, 2.05) is 59.8 Å². The number of nitriles is 6. The normalized spacial score (nSPS) is 20.7. The number of nitrogens with one attached hydrogen (secondary N) is 3. The Labute approximate surface area is 340 Å². The van der Waals surface area contributed by atoms with Crippen molar-refractivity contribution < 1.29 is 28.6 Å². The molecule has 0 heterocycles. The van der Waals surface area contributed by atoms with Gasteiger partial charge in [-0.1, -0.05) is 41.5 Å². The van der Waals surface area contributed by atoms with E-state index >= 15 is 0 Å². The van der Waals surface area contributed by atoms with Crippen molar-refractivity contribution in [1.29, 1.82) is 31.6 Å². The van der Waals surface area contributed by atoms with Gasteiger partial charge in [0, 0.05) is 38.2 Å². The molecule has 0 aliphatic heterocycles. The molecule has 3 N–H and O–H groups in total. The van der Waals surface area contributed by atoms with Crippen LogP contribution in [0.25, 0.3) is 0 Å². The standard InChI is InChI=1S/C43H49N9O6/c1-41(2)10-26(29(16-44)35(13-41)50-7)32(19-47)38(53)56-22-25(23-57-39(54)33(20-48)27-11-42(3,4)14-36(51-8)30(27)17-45)24-58-40(55)34(21-49)28-12-43(5,6)15-37(52-9)31(28)18-46/h25,50-52H,10-15,22-24H2,1-9H3/b32-26+,33-27+,34-28+. The summed E-state index contributed by atoms with van der Waals surface area (Å²) in [5, 5.41) is 69.3. The molecule has 0 amide bonds. The number of carbonyl (C=O) groups is 3. The van der Waals surface area contributed by atoms with Crippen LogP contribution in [0, 0.1) is 90.1 Å². The van der Waals surface area contributed by atoms with Crippen LogP contribution in [0.5, 0.6) is 0 Å². The Balaban J connectivity index is 2.03. The average molecular weight is 788 g/mol. The van der Waals surface area contributed by atoms with Crippen LogP contribution in [-0.2, 0) is 28.6 Å². The molecule has 0 saturated heterocycles. The van der Waals surface area contributed by atoms with Gasteiger partial charge in [0.15, 0.2) is 0 Å². The van der Waals surface area contributed by atoms with E-state index in [-0.39, 0.29) is 52.7 Å². The highest BCUT2D eigenvalue weighted by atomic mass is 16.6. The molecule has 0 fully saturated rings. The molecule has 3 rings (SSSR count). The second-order valence-corrected chi connectivity index (χ2v) is 16.8. The first-order valence-corrected chi connectivity index (χ1v) is 18.6. The van der Waals surface area contributed by atoms with Crippen LogP contribution < -0.4 is 16.0 Å². The Morgan fingerprint density at radius 3 is 0.931 bits per heavy atom. The zero-order chi connectivity index (χ0) is 43.6. The monoisotopic (exact) mass is 787 g/mol. The zero-order valence-corrected chi connectivity index (χ0v) is 34.6. The molecule has 0 bridgehead atoms. The van der Waals surface area contributed by atoms with E-state index in [1.165, 1.54) is 0 Å². The van der Waals surface area contributed by atoms with Gasteiger partial charge in [-0.3, -0.25) is 0 Å². The van der Waals surface area contributed by atoms with E-state index in [2.05, 4.69) is 34.2 Å². The third kappa shape index (κ3) is 10.5. The van der Waals surface area contributed by atoms with Gasteiger partial charge in [-0.05, 0) is 71.5 Å². The lowest BCUT2D eigenvalue weighted by Crippen LogP contribution is -2.30. The molecule has 0 atom stereocenters. The van der Waals surface area contributed by atoms with Crippen LogP contribution in [0.1, 0.15) is 80.1 Å². The third-order valence-corrected chi connectivity index (χ3v) is 10.2. The number of nitrogens with zero attached hydrogens (tertiary/aromatic N) is 6. The fourth-order valence-electron chi connectivity index (χ4n) is 7.47. The Bertz CT molecular complexity index is 1960. The van der Waals surface area contributed by atoms with Crippen LogP contribution in [0.4, 0.5) is 0 Å². The van der Waals surface area contributed by atoms with E-state index in [0.717, 1.165) is 0 Å². The van der Waals surface area contributed by atoms with Crippen LogP contribution in [0.15, 0.2) is 67.2 Å². The maximum atomic E-state index is 13.6. The maximum Gasteiger partial charge on any atom is 0.349 e. The summed E-state index contributed by atoms with van der Waals surface area (Å²) in [7, 11) is 4.93. The van der Waals surface area contributed by atoms with E-state index < -0.39 is 76.6 Å². The SMILES string of the molecule is CNC1=C(C#N)/C(=C(\C#N)C(=O)OCC(COC(=O)/C(C#N)=C2\CC(C)(C)CC(NC)=C2C#N)COC(=O)/C(C#N)=C2\CC(C)(C)CC(NC)=C2C#N)CC(C)(C)C1. The minimum Gasteiger partial charge on any atom is -0.461 e. The predicted molar refractivity (Wildman–Crippen MR) is 208 cm³/mol. The molecule has 3 aliphatic carbocycles. The molecule has 58 heavy (non-hydrogen) atoms. The Morgan fingerprint density at radius 1 is 0.500 bits per heavy atom. The second-order valence-electron chi connectivity index (χ2n) is 16.8. The van der Waals surface area contributed by atoms with Crippen molar-refractivity contribution in [3.05, 3.63) is 67.2 Å². The van der Waals surface area contributed by atoms with Crippen molar-refractivity contribution in [2.45, 2.75) is 80.1 Å². The summed E-state index contributed by atoms with van der Waals surface area (Å²) < 4.78 is 16.7. The molecule has 15 nitrogen and oxygen atoms in total. The highest BCUT2D eigenvalue weighted by molar-refractivity contribution is 5.96. The minimum atomic E-state index is -1.10.